The molecule has 13 nitrogen and oxygen atoms in total. The molecule has 3 fully saturated rings. The molecule has 2 unspecified atom stereocenters. The highest BCUT2D eigenvalue weighted by molar-refractivity contribution is 5.95. The summed E-state index contributed by atoms with van der Waals surface area (Å²) in [7, 11) is 2.50. The summed E-state index contributed by atoms with van der Waals surface area (Å²) in [5, 5.41) is 5.34. The number of alkyl carbamates (subject to hydrolysis) is 2. The second kappa shape index (κ2) is 19.9. The van der Waals surface area contributed by atoms with Gasteiger partial charge in [-0.15, -0.1) is 0 Å². The van der Waals surface area contributed by atoms with Crippen LogP contribution in [-0.4, -0.2) is 96.8 Å². The number of Topliss-reactive ketones (excluding diaryl/α,β-unsaturated/α-hetero) is 2. The molecule has 2 N–H and O–H groups in total. The molecule has 0 bridgehead atoms. The third-order valence-corrected chi connectivity index (χ3v) is 12.9. The molecule has 3 aromatic rings. The monoisotopic (exact) mass is 881 g/mol. The zero-order chi connectivity index (χ0) is 46.5. The van der Waals surface area contributed by atoms with Crippen molar-refractivity contribution in [2.24, 2.45) is 10.8 Å². The van der Waals surface area contributed by atoms with Crippen LogP contribution in [0.5, 0.6) is 0 Å². The molecule has 0 radical (unpaired) electrons. The molecule has 3 saturated heterocycles. The van der Waals surface area contributed by atoms with Crippen LogP contribution < -0.4 is 15.5 Å². The number of amides is 4. The lowest BCUT2D eigenvalue weighted by molar-refractivity contribution is -0.141. The van der Waals surface area contributed by atoms with Crippen molar-refractivity contribution in [1.82, 2.24) is 20.4 Å². The Balaban J connectivity index is 1.14. The van der Waals surface area contributed by atoms with Gasteiger partial charge in [0.2, 0.25) is 11.8 Å². The maximum absolute atomic E-state index is 14.8. The molecule has 3 heterocycles. The first-order valence-corrected chi connectivity index (χ1v) is 22.4. The number of hydrogen-bond donors (Lipinski definition) is 2. The fraction of sp³-hybridized carbons (Fsp3) is 0.520. The zero-order valence-electron chi connectivity index (χ0n) is 38.4. The molecular formula is C50H64FN5O8. The van der Waals surface area contributed by atoms with Crippen LogP contribution in [0.1, 0.15) is 114 Å². The number of anilines is 1. The SMILES string of the molecule is COC(=O)N[C@H](C(=O)N1CCC[C@H]1C(=O)Cc1ccc(C2CCC(c3ccc(CC(=O)[C@@H]4CCCN4C(=O)[C@@H](NC(=O)OC)C(C)(C)C)cc3)N2c2cccc(F)c2)cc1)C(C)(C)C. The van der Waals surface area contributed by atoms with Gasteiger partial charge in [-0.05, 0) is 89.8 Å². The molecule has 6 rings (SSSR count). The fourth-order valence-corrected chi connectivity index (χ4v) is 9.53. The Kier molecular flexibility index (Phi) is 14.9. The van der Waals surface area contributed by atoms with Crippen LogP contribution in [0.15, 0.2) is 72.8 Å². The molecule has 64 heavy (non-hydrogen) atoms. The van der Waals surface area contributed by atoms with Crippen molar-refractivity contribution in [1.29, 1.82) is 0 Å². The summed E-state index contributed by atoms with van der Waals surface area (Å²) in [4.78, 5) is 84.8. The van der Waals surface area contributed by atoms with Gasteiger partial charge in [0.1, 0.15) is 17.9 Å². The lowest BCUT2D eigenvalue weighted by Crippen LogP contribution is -2.56. The van der Waals surface area contributed by atoms with E-state index in [1.807, 2.05) is 96.1 Å². The van der Waals surface area contributed by atoms with Gasteiger partial charge >= 0.3 is 12.2 Å². The summed E-state index contributed by atoms with van der Waals surface area (Å²) in [5.74, 6) is -1.06. The van der Waals surface area contributed by atoms with Gasteiger partial charge in [-0.3, -0.25) is 19.2 Å². The van der Waals surface area contributed by atoms with E-state index in [4.69, 9.17) is 9.47 Å². The molecule has 3 aromatic carbocycles. The predicted octanol–water partition coefficient (Wildman–Crippen LogP) is 7.66. The van der Waals surface area contributed by atoms with Gasteiger partial charge in [0.05, 0.1) is 38.4 Å². The van der Waals surface area contributed by atoms with Gasteiger partial charge in [0.15, 0.2) is 11.6 Å². The maximum Gasteiger partial charge on any atom is 0.407 e. The van der Waals surface area contributed by atoms with Crippen molar-refractivity contribution < 1.29 is 42.6 Å². The maximum atomic E-state index is 14.8. The lowest BCUT2D eigenvalue weighted by atomic mass is 9.85. The third kappa shape index (κ3) is 10.9. The molecule has 3 aliphatic rings. The van der Waals surface area contributed by atoms with Crippen molar-refractivity contribution in [3.63, 3.8) is 0 Å². The number of methoxy groups -OCH3 is 2. The fourth-order valence-electron chi connectivity index (χ4n) is 9.53. The highest BCUT2D eigenvalue weighted by Gasteiger charge is 2.44. The van der Waals surface area contributed by atoms with Crippen LogP contribution in [-0.2, 0) is 41.5 Å². The highest BCUT2D eigenvalue weighted by Crippen LogP contribution is 2.47. The van der Waals surface area contributed by atoms with Crippen LogP contribution in [0.3, 0.4) is 0 Å². The minimum absolute atomic E-state index is 0.0621. The van der Waals surface area contributed by atoms with Gasteiger partial charge in [-0.1, -0.05) is 96.1 Å². The number of ketones is 2. The second-order valence-corrected chi connectivity index (χ2v) is 19.5. The van der Waals surface area contributed by atoms with Crippen molar-refractivity contribution in [2.45, 2.75) is 129 Å². The summed E-state index contributed by atoms with van der Waals surface area (Å²) in [6.07, 6.45) is 2.96. The van der Waals surface area contributed by atoms with E-state index in [2.05, 4.69) is 15.5 Å². The molecule has 14 heteroatoms. The number of carbonyl (C=O) groups excluding carboxylic acids is 6. The van der Waals surface area contributed by atoms with Gasteiger partial charge in [0.25, 0.3) is 0 Å². The van der Waals surface area contributed by atoms with E-state index >= 15 is 0 Å². The molecule has 344 valence electrons. The van der Waals surface area contributed by atoms with E-state index in [-0.39, 0.29) is 54.1 Å². The van der Waals surface area contributed by atoms with Gasteiger partial charge in [-0.2, -0.15) is 0 Å². The largest absolute Gasteiger partial charge is 0.453 e. The minimum atomic E-state index is -0.857. The Labute approximate surface area is 376 Å². The smallest absolute Gasteiger partial charge is 0.407 e. The quantitative estimate of drug-likeness (QED) is 0.176. The Morgan fingerprint density at radius 2 is 1.03 bits per heavy atom. The molecule has 6 atom stereocenters. The topological polar surface area (TPSA) is 155 Å². The average Bonchev–Trinajstić information content (AvgIpc) is 4.05. The molecular weight excluding hydrogens is 818 g/mol. The number of nitrogens with zero attached hydrogens (tertiary/aromatic N) is 3. The first-order valence-electron chi connectivity index (χ1n) is 22.4. The van der Waals surface area contributed by atoms with Crippen LogP contribution in [0, 0.1) is 16.6 Å². The van der Waals surface area contributed by atoms with Crippen LogP contribution in [0.4, 0.5) is 19.7 Å². The van der Waals surface area contributed by atoms with E-state index in [9.17, 15) is 33.2 Å². The van der Waals surface area contributed by atoms with E-state index in [1.165, 1.54) is 20.3 Å². The lowest BCUT2D eigenvalue weighted by Gasteiger charge is -2.35. The summed E-state index contributed by atoms with van der Waals surface area (Å²) < 4.78 is 24.4. The Morgan fingerprint density at radius 1 is 0.625 bits per heavy atom. The number of hydrogen-bond acceptors (Lipinski definition) is 9. The number of benzene rings is 3. The highest BCUT2D eigenvalue weighted by atomic mass is 19.1. The standard InChI is InChI=1S/C50H64FN5O8/c1-49(2,3)43(52-47(61)63-7)45(59)54-26-10-14-39(54)41(57)28-31-16-20-33(21-17-31)37-24-25-38(56(37)36-13-9-12-35(51)30-36)34-22-18-32(19-23-34)29-42(58)40-15-11-27-55(40)46(60)44(50(4,5)6)53-48(62)64-8/h9,12-13,16-23,30,37-40,43-44H,10-11,14-15,24-29H2,1-8H3,(H,52,61)(H,53,62)/t37?,38?,39-,40-,43+,44+/m0/s1. The summed E-state index contributed by atoms with van der Waals surface area (Å²) in [5.41, 5.74) is 3.23. The van der Waals surface area contributed by atoms with E-state index in [0.29, 0.717) is 38.8 Å². The molecule has 0 aliphatic carbocycles. The average molecular weight is 882 g/mol. The van der Waals surface area contributed by atoms with Crippen molar-refractivity contribution in [3.8, 4) is 0 Å². The molecule has 4 amide bonds. The minimum Gasteiger partial charge on any atom is -0.453 e. The zero-order valence-corrected chi connectivity index (χ0v) is 38.4. The van der Waals surface area contributed by atoms with Gasteiger partial charge in [-0.25, -0.2) is 14.0 Å². The molecule has 0 aromatic heterocycles. The van der Waals surface area contributed by atoms with E-state index < -0.39 is 47.2 Å². The summed E-state index contributed by atoms with van der Waals surface area (Å²) in [6, 6.07) is 19.4. The molecule has 3 aliphatic heterocycles. The third-order valence-electron chi connectivity index (χ3n) is 12.9. The Bertz CT molecular complexity index is 2050. The number of halogens is 1. The van der Waals surface area contributed by atoms with Crippen molar-refractivity contribution in [2.75, 3.05) is 32.2 Å². The van der Waals surface area contributed by atoms with Crippen molar-refractivity contribution >= 4 is 41.3 Å². The normalized spacial score (nSPS) is 21.0. The Morgan fingerprint density at radius 3 is 1.39 bits per heavy atom. The first kappa shape index (κ1) is 47.7. The number of nitrogens with one attached hydrogen (secondary N) is 2. The number of likely N-dealkylation sites (tertiary alicyclic amines) is 2. The van der Waals surface area contributed by atoms with Crippen LogP contribution in [0.2, 0.25) is 0 Å². The predicted molar refractivity (Wildman–Crippen MR) is 241 cm³/mol. The van der Waals surface area contributed by atoms with Gasteiger partial charge < -0.3 is 34.8 Å². The van der Waals surface area contributed by atoms with Gasteiger partial charge in [0, 0.05) is 31.6 Å². The molecule has 0 spiro atoms. The number of ether oxygens (including phenoxy) is 2. The summed E-state index contributed by atoms with van der Waals surface area (Å²) in [6.45, 7) is 12.0. The summed E-state index contributed by atoms with van der Waals surface area (Å²) >= 11 is 0. The first-order chi connectivity index (χ1) is 30.3. The number of carbonyl (C=O) groups is 6. The van der Waals surface area contributed by atoms with Crippen molar-refractivity contribution in [3.05, 3.63) is 101 Å². The second-order valence-electron chi connectivity index (χ2n) is 19.5. The Hall–Kier alpha value is -5.79. The molecule has 0 saturated carbocycles. The van der Waals surface area contributed by atoms with Crippen LogP contribution in [0.25, 0.3) is 0 Å². The number of rotatable bonds is 13. The van der Waals surface area contributed by atoms with E-state index in [0.717, 1.165) is 40.8 Å². The van der Waals surface area contributed by atoms with Crippen LogP contribution >= 0.6 is 0 Å². The van der Waals surface area contributed by atoms with E-state index in [1.54, 1.807) is 21.9 Å².